The number of nitrogens with one attached hydrogen (secondary N) is 3. The van der Waals surface area contributed by atoms with Gasteiger partial charge in [0.1, 0.15) is 11.6 Å². The molecule has 1 saturated carbocycles. The second kappa shape index (κ2) is 7.51. The number of rotatable bonds is 6. The van der Waals surface area contributed by atoms with Crippen LogP contribution >= 0.6 is 0 Å². The topological polar surface area (TPSA) is 91.9 Å². The molecule has 1 aliphatic carbocycles. The second-order valence-electron chi connectivity index (χ2n) is 7.45. The number of hydrogen-bond acceptors (Lipinski definition) is 5. The minimum atomic E-state index is -0.112. The molecule has 2 heterocycles. The molecule has 0 spiro atoms. The monoisotopic (exact) mass is 399 g/mol. The van der Waals surface area contributed by atoms with Crippen LogP contribution in [0.4, 0.5) is 17.3 Å². The van der Waals surface area contributed by atoms with Crippen molar-refractivity contribution >= 4 is 34.0 Å². The van der Waals surface area contributed by atoms with E-state index in [-0.39, 0.29) is 5.91 Å². The molecular weight excluding hydrogens is 378 g/mol. The van der Waals surface area contributed by atoms with Crippen LogP contribution in [0.15, 0.2) is 60.7 Å². The Kier molecular flexibility index (Phi) is 4.55. The smallest absolute Gasteiger partial charge is 0.221 e. The fourth-order valence-corrected chi connectivity index (χ4v) is 3.38. The van der Waals surface area contributed by atoms with E-state index in [4.69, 9.17) is 4.74 Å². The van der Waals surface area contributed by atoms with Crippen molar-refractivity contribution in [1.82, 2.24) is 15.2 Å². The number of anilines is 3. The molecule has 0 unspecified atom stereocenters. The van der Waals surface area contributed by atoms with Crippen molar-refractivity contribution in [2.24, 2.45) is 0 Å². The molecule has 30 heavy (non-hydrogen) atoms. The van der Waals surface area contributed by atoms with Gasteiger partial charge in [0.2, 0.25) is 11.8 Å². The maximum absolute atomic E-state index is 11.2. The highest BCUT2D eigenvalue weighted by atomic mass is 16.5. The van der Waals surface area contributed by atoms with Gasteiger partial charge in [-0.15, -0.1) is 0 Å². The largest absolute Gasteiger partial charge is 0.439 e. The molecule has 0 saturated heterocycles. The first-order chi connectivity index (χ1) is 14.6. The van der Waals surface area contributed by atoms with Crippen LogP contribution in [0.25, 0.3) is 10.8 Å². The number of nitrogens with zero attached hydrogens (tertiary/aromatic N) is 2. The molecule has 7 nitrogen and oxygen atoms in total. The summed E-state index contributed by atoms with van der Waals surface area (Å²) in [7, 11) is 0. The number of carbonyl (C=O) groups excluding carboxylic acids is 1. The van der Waals surface area contributed by atoms with Crippen LogP contribution in [0.5, 0.6) is 11.6 Å². The molecular formula is C23H21N5O2. The Balaban J connectivity index is 1.43. The van der Waals surface area contributed by atoms with Gasteiger partial charge in [0.25, 0.3) is 0 Å². The first kappa shape index (κ1) is 18.2. The van der Waals surface area contributed by atoms with E-state index in [9.17, 15) is 4.79 Å². The molecule has 5 rings (SSSR count). The average Bonchev–Trinajstić information content (AvgIpc) is 3.48. The van der Waals surface area contributed by atoms with Gasteiger partial charge in [-0.05, 0) is 42.5 Å². The maximum atomic E-state index is 11.2. The highest BCUT2D eigenvalue weighted by molar-refractivity contribution is 5.94. The van der Waals surface area contributed by atoms with Crippen LogP contribution in [-0.4, -0.2) is 21.1 Å². The normalized spacial score (nSPS) is 13.2. The predicted molar refractivity (Wildman–Crippen MR) is 116 cm³/mol. The Morgan fingerprint density at radius 1 is 1.10 bits per heavy atom. The molecule has 1 fully saturated rings. The lowest BCUT2D eigenvalue weighted by molar-refractivity contribution is -0.114. The second-order valence-corrected chi connectivity index (χ2v) is 7.45. The van der Waals surface area contributed by atoms with Gasteiger partial charge in [0, 0.05) is 41.7 Å². The number of aromatic amines is 1. The highest BCUT2D eigenvalue weighted by Crippen LogP contribution is 2.40. The van der Waals surface area contributed by atoms with Crippen molar-refractivity contribution in [3.63, 3.8) is 0 Å². The summed E-state index contributed by atoms with van der Waals surface area (Å²) in [6, 6.07) is 19.1. The summed E-state index contributed by atoms with van der Waals surface area (Å²) in [6.07, 6.45) is 2.43. The molecule has 0 radical (unpaired) electrons. The Morgan fingerprint density at radius 2 is 1.90 bits per heavy atom. The van der Waals surface area contributed by atoms with Crippen molar-refractivity contribution in [3.05, 3.63) is 66.4 Å². The first-order valence-electron chi connectivity index (χ1n) is 9.92. The molecule has 4 aromatic rings. The van der Waals surface area contributed by atoms with Crippen LogP contribution in [0, 0.1) is 0 Å². The number of ether oxygens (including phenoxy) is 1. The maximum Gasteiger partial charge on any atom is 0.221 e. The molecule has 7 heteroatoms. The van der Waals surface area contributed by atoms with Gasteiger partial charge in [0.15, 0.2) is 5.82 Å². The average molecular weight is 399 g/mol. The Morgan fingerprint density at radius 3 is 2.67 bits per heavy atom. The van der Waals surface area contributed by atoms with Gasteiger partial charge in [0.05, 0.1) is 0 Å². The van der Waals surface area contributed by atoms with Gasteiger partial charge in [-0.25, -0.2) is 0 Å². The standard InChI is InChI=1S/C23H21N5O2/c1-14(29)24-17-8-10-18(11-9-17)30-22-12-16-4-2-3-5-19(16)23(26-22)25-21-13-20(27-28-21)15-6-7-15/h2-5,8-13,15H,6-7H2,1H3,(H,24,29)(H2,25,26,27,28). The van der Waals surface area contributed by atoms with E-state index in [0.29, 0.717) is 29.1 Å². The number of aromatic nitrogens is 3. The fourth-order valence-electron chi connectivity index (χ4n) is 3.38. The lowest BCUT2D eigenvalue weighted by atomic mass is 10.1. The number of amides is 1. The summed E-state index contributed by atoms with van der Waals surface area (Å²) in [5, 5.41) is 15.5. The van der Waals surface area contributed by atoms with Crippen molar-refractivity contribution in [1.29, 1.82) is 0 Å². The van der Waals surface area contributed by atoms with Gasteiger partial charge in [-0.2, -0.15) is 10.1 Å². The molecule has 0 aliphatic heterocycles. The van der Waals surface area contributed by atoms with Crippen LogP contribution in [-0.2, 0) is 4.79 Å². The molecule has 0 atom stereocenters. The molecule has 1 amide bonds. The highest BCUT2D eigenvalue weighted by Gasteiger charge is 2.25. The lowest BCUT2D eigenvalue weighted by Crippen LogP contribution is -2.05. The van der Waals surface area contributed by atoms with Crippen LogP contribution in [0.3, 0.4) is 0 Å². The number of H-pyrrole nitrogens is 1. The van der Waals surface area contributed by atoms with Gasteiger partial charge >= 0.3 is 0 Å². The molecule has 2 aromatic heterocycles. The van der Waals surface area contributed by atoms with Crippen molar-refractivity contribution in [3.8, 4) is 11.6 Å². The van der Waals surface area contributed by atoms with Gasteiger partial charge < -0.3 is 15.4 Å². The lowest BCUT2D eigenvalue weighted by Gasteiger charge is -2.11. The SMILES string of the molecule is CC(=O)Nc1ccc(Oc2cc3ccccc3c(Nc3cc(C4CC4)[nH]n3)n2)cc1. The summed E-state index contributed by atoms with van der Waals surface area (Å²) in [6.45, 7) is 1.48. The zero-order valence-corrected chi connectivity index (χ0v) is 16.5. The van der Waals surface area contributed by atoms with E-state index in [0.717, 1.165) is 22.3 Å². The number of pyridine rings is 1. The summed E-state index contributed by atoms with van der Waals surface area (Å²) in [5.74, 6) is 3.03. The molecule has 2 aromatic carbocycles. The molecule has 150 valence electrons. The van der Waals surface area contributed by atoms with E-state index in [1.54, 1.807) is 24.3 Å². The third kappa shape index (κ3) is 3.96. The third-order valence-corrected chi connectivity index (χ3v) is 4.98. The Labute approximate surface area is 173 Å². The van der Waals surface area contributed by atoms with Crippen molar-refractivity contribution in [2.75, 3.05) is 10.6 Å². The van der Waals surface area contributed by atoms with E-state index in [1.165, 1.54) is 19.8 Å². The number of carbonyl (C=O) groups is 1. The van der Waals surface area contributed by atoms with Crippen LogP contribution in [0.2, 0.25) is 0 Å². The molecule has 3 N–H and O–H groups in total. The van der Waals surface area contributed by atoms with Gasteiger partial charge in [-0.1, -0.05) is 24.3 Å². The quantitative estimate of drug-likeness (QED) is 0.408. The van der Waals surface area contributed by atoms with E-state index in [2.05, 4.69) is 25.8 Å². The number of hydrogen-bond donors (Lipinski definition) is 3. The first-order valence-corrected chi connectivity index (χ1v) is 9.92. The summed E-state index contributed by atoms with van der Waals surface area (Å²) < 4.78 is 5.99. The van der Waals surface area contributed by atoms with E-state index in [1.807, 2.05) is 36.4 Å². The van der Waals surface area contributed by atoms with Gasteiger partial charge in [-0.3, -0.25) is 9.89 Å². The Hall–Kier alpha value is -3.87. The minimum Gasteiger partial charge on any atom is -0.439 e. The van der Waals surface area contributed by atoms with Crippen LogP contribution < -0.4 is 15.4 Å². The fraction of sp³-hybridized carbons (Fsp3) is 0.174. The number of fused-ring (bicyclic) bond motifs is 1. The minimum absolute atomic E-state index is 0.112. The van der Waals surface area contributed by atoms with Crippen molar-refractivity contribution < 1.29 is 9.53 Å². The summed E-state index contributed by atoms with van der Waals surface area (Å²) in [5.41, 5.74) is 1.88. The van der Waals surface area contributed by atoms with E-state index < -0.39 is 0 Å². The summed E-state index contributed by atoms with van der Waals surface area (Å²) >= 11 is 0. The van der Waals surface area contributed by atoms with E-state index >= 15 is 0 Å². The predicted octanol–water partition coefficient (Wildman–Crippen LogP) is 5.33. The van der Waals surface area contributed by atoms with Crippen molar-refractivity contribution in [2.45, 2.75) is 25.7 Å². The molecule has 1 aliphatic rings. The number of benzene rings is 2. The zero-order chi connectivity index (χ0) is 20.5. The third-order valence-electron chi connectivity index (χ3n) is 4.98. The van der Waals surface area contributed by atoms with Crippen LogP contribution in [0.1, 0.15) is 31.4 Å². The zero-order valence-electron chi connectivity index (χ0n) is 16.5. The molecule has 0 bridgehead atoms. The Bertz CT molecular complexity index is 1210. The summed E-state index contributed by atoms with van der Waals surface area (Å²) in [4.78, 5) is 15.9.